The Balaban J connectivity index is 2.79. The van der Waals surface area contributed by atoms with E-state index in [2.05, 4.69) is 0 Å². The molecule has 0 aromatic carbocycles. The second-order valence-corrected chi connectivity index (χ2v) is 3.48. The van der Waals surface area contributed by atoms with Crippen LogP contribution in [-0.4, -0.2) is 29.1 Å². The molecule has 0 aromatic heterocycles. The summed E-state index contributed by atoms with van der Waals surface area (Å²) >= 11 is 0. The monoisotopic (exact) mass is 176 g/mol. The van der Waals surface area contributed by atoms with Gasteiger partial charge in [0, 0.05) is 0 Å². The molecule has 1 aliphatic rings. The third-order valence-electron chi connectivity index (χ3n) is 2.91. The van der Waals surface area contributed by atoms with E-state index in [-0.39, 0.29) is 0 Å². The summed E-state index contributed by atoms with van der Waals surface area (Å²) in [5, 5.41) is 9.58. The predicted molar refractivity (Wildman–Crippen MR) is 44.8 cm³/mol. The van der Waals surface area contributed by atoms with Gasteiger partial charge in [-0.05, 0) is 19.8 Å². The van der Waals surface area contributed by atoms with Crippen LogP contribution in [0.3, 0.4) is 0 Å². The van der Waals surface area contributed by atoms with Crippen LogP contribution >= 0.6 is 0 Å². The quantitative estimate of drug-likeness (QED) is 0.693. The van der Waals surface area contributed by atoms with Crippen molar-refractivity contribution in [1.29, 1.82) is 0 Å². The second kappa shape index (κ2) is 3.30. The van der Waals surface area contributed by atoms with Crippen LogP contribution in [0.1, 0.15) is 33.6 Å². The first-order chi connectivity index (χ1) is 5.57. The molecule has 0 bridgehead atoms. The minimum atomic E-state index is -1.23. The molecule has 1 fully saturated rings. The summed E-state index contributed by atoms with van der Waals surface area (Å²) in [5.74, 6) is 0. The maximum Gasteiger partial charge on any atom is 0.154 e. The van der Waals surface area contributed by atoms with Gasteiger partial charge in [0.25, 0.3) is 0 Å². The highest BCUT2D eigenvalue weighted by Gasteiger charge is 2.51. The van der Waals surface area contributed by atoms with Crippen molar-refractivity contribution in [2.24, 2.45) is 0 Å². The predicted octanol–water partition coefficient (Wildman–Crippen LogP) is 1.66. The van der Waals surface area contributed by atoms with E-state index >= 15 is 0 Å². The molecule has 1 aliphatic heterocycles. The number of hydrogen-bond donors (Lipinski definition) is 1. The number of hydrogen-bond acceptors (Lipinski definition) is 2. The van der Waals surface area contributed by atoms with Gasteiger partial charge in [-0.1, -0.05) is 13.8 Å². The Morgan fingerprint density at radius 2 is 1.92 bits per heavy atom. The Bertz CT molecular complexity index is 157. The number of aliphatic hydroxyl groups excluding tert-OH is 1. The van der Waals surface area contributed by atoms with E-state index in [4.69, 9.17) is 4.74 Å². The smallest absolute Gasteiger partial charge is 0.154 e. The minimum Gasteiger partial charge on any atom is -0.387 e. The van der Waals surface area contributed by atoms with E-state index in [1.54, 1.807) is 6.92 Å². The third kappa shape index (κ3) is 1.25. The number of alkyl halides is 1. The largest absolute Gasteiger partial charge is 0.387 e. The summed E-state index contributed by atoms with van der Waals surface area (Å²) in [6.45, 7) is 5.50. The van der Waals surface area contributed by atoms with Gasteiger partial charge < -0.3 is 9.84 Å². The van der Waals surface area contributed by atoms with Crippen LogP contribution in [0, 0.1) is 0 Å². The molecule has 0 radical (unpaired) electrons. The number of halogens is 1. The van der Waals surface area contributed by atoms with Crippen molar-refractivity contribution in [3.63, 3.8) is 0 Å². The Kier molecular flexibility index (Phi) is 2.74. The molecule has 72 valence electrons. The molecule has 2 nitrogen and oxygen atoms in total. The van der Waals surface area contributed by atoms with Crippen LogP contribution in [0.5, 0.6) is 0 Å². The topological polar surface area (TPSA) is 29.5 Å². The summed E-state index contributed by atoms with van der Waals surface area (Å²) in [6.07, 6.45) is -1.34. The van der Waals surface area contributed by atoms with Gasteiger partial charge in [0.05, 0.1) is 11.7 Å². The van der Waals surface area contributed by atoms with Crippen molar-refractivity contribution in [3.05, 3.63) is 0 Å². The van der Waals surface area contributed by atoms with Gasteiger partial charge in [-0.3, -0.25) is 0 Å². The fourth-order valence-electron chi connectivity index (χ4n) is 1.89. The first-order valence-electron chi connectivity index (χ1n) is 4.57. The zero-order chi connectivity index (χ0) is 9.35. The van der Waals surface area contributed by atoms with Crippen LogP contribution in [0.4, 0.5) is 4.39 Å². The van der Waals surface area contributed by atoms with Crippen molar-refractivity contribution in [2.45, 2.75) is 57.6 Å². The average molecular weight is 176 g/mol. The lowest BCUT2D eigenvalue weighted by atomic mass is 9.90. The lowest BCUT2D eigenvalue weighted by Crippen LogP contribution is -2.40. The van der Waals surface area contributed by atoms with Crippen LogP contribution in [0.2, 0.25) is 0 Å². The van der Waals surface area contributed by atoms with Crippen molar-refractivity contribution < 1.29 is 14.2 Å². The highest BCUT2D eigenvalue weighted by atomic mass is 19.1. The molecular weight excluding hydrogens is 159 g/mol. The molecular formula is C9H17FO2. The number of aliphatic hydroxyl groups is 1. The van der Waals surface area contributed by atoms with Crippen LogP contribution in [0.15, 0.2) is 0 Å². The Hall–Kier alpha value is -0.150. The van der Waals surface area contributed by atoms with Crippen molar-refractivity contribution in [1.82, 2.24) is 0 Å². The lowest BCUT2D eigenvalue weighted by molar-refractivity contribution is -0.0831. The highest BCUT2D eigenvalue weighted by Crippen LogP contribution is 2.37. The zero-order valence-electron chi connectivity index (χ0n) is 7.88. The fourth-order valence-corrected chi connectivity index (χ4v) is 1.89. The fraction of sp³-hybridized carbons (Fsp3) is 1.00. The number of ether oxygens (including phenoxy) is 1. The minimum absolute atomic E-state index is 0.472. The van der Waals surface area contributed by atoms with Crippen molar-refractivity contribution in [2.75, 3.05) is 0 Å². The molecule has 1 unspecified atom stereocenters. The summed E-state index contributed by atoms with van der Waals surface area (Å²) < 4.78 is 18.7. The molecule has 1 N–H and O–H groups in total. The highest BCUT2D eigenvalue weighted by molar-refractivity contribution is 4.99. The van der Waals surface area contributed by atoms with E-state index in [9.17, 15) is 9.50 Å². The van der Waals surface area contributed by atoms with Crippen molar-refractivity contribution >= 4 is 0 Å². The second-order valence-electron chi connectivity index (χ2n) is 3.48. The molecule has 1 heterocycles. The zero-order valence-corrected chi connectivity index (χ0v) is 7.88. The van der Waals surface area contributed by atoms with Crippen molar-refractivity contribution in [3.8, 4) is 0 Å². The van der Waals surface area contributed by atoms with E-state index in [0.717, 1.165) is 0 Å². The molecule has 3 heteroatoms. The van der Waals surface area contributed by atoms with E-state index in [0.29, 0.717) is 12.8 Å². The van der Waals surface area contributed by atoms with Crippen LogP contribution in [-0.2, 0) is 4.74 Å². The number of rotatable bonds is 2. The standard InChI is InChI=1S/C9H17FO2/c1-4-9(5-2)8(11)7(10)6(3)12-9/h6-8,11H,4-5H2,1-3H3/t6?,7-,8-/m0/s1. The first-order valence-corrected chi connectivity index (χ1v) is 4.57. The van der Waals surface area contributed by atoms with Crippen LogP contribution in [0.25, 0.3) is 0 Å². The maximum atomic E-state index is 13.2. The molecule has 0 spiro atoms. The summed E-state index contributed by atoms with van der Waals surface area (Å²) in [4.78, 5) is 0. The molecule has 3 atom stereocenters. The average Bonchev–Trinajstić information content (AvgIpc) is 2.30. The molecule has 0 saturated carbocycles. The molecule has 1 rings (SSSR count). The van der Waals surface area contributed by atoms with Gasteiger partial charge in [0.2, 0.25) is 0 Å². The molecule has 0 aliphatic carbocycles. The van der Waals surface area contributed by atoms with Gasteiger partial charge in [-0.2, -0.15) is 0 Å². The van der Waals surface area contributed by atoms with Gasteiger partial charge in [0.15, 0.2) is 6.17 Å². The molecule has 0 aromatic rings. The molecule has 12 heavy (non-hydrogen) atoms. The van der Waals surface area contributed by atoms with E-state index in [1.165, 1.54) is 0 Å². The SMILES string of the molecule is CCC1(CC)OC(C)[C@H](F)[C@@H]1O. The Labute approximate surface area is 72.7 Å². The summed E-state index contributed by atoms with van der Waals surface area (Å²) in [7, 11) is 0. The van der Waals surface area contributed by atoms with E-state index in [1.807, 2.05) is 13.8 Å². The normalized spacial score (nSPS) is 40.2. The van der Waals surface area contributed by atoms with E-state index < -0.39 is 24.0 Å². The van der Waals surface area contributed by atoms with Gasteiger partial charge in [0.1, 0.15) is 6.10 Å². The Morgan fingerprint density at radius 3 is 2.08 bits per heavy atom. The lowest BCUT2D eigenvalue weighted by Gasteiger charge is -2.29. The first kappa shape index (κ1) is 9.93. The third-order valence-corrected chi connectivity index (χ3v) is 2.91. The maximum absolute atomic E-state index is 13.2. The van der Waals surface area contributed by atoms with Crippen LogP contribution < -0.4 is 0 Å². The van der Waals surface area contributed by atoms with Gasteiger partial charge in [-0.25, -0.2) is 4.39 Å². The van der Waals surface area contributed by atoms with Gasteiger partial charge in [-0.15, -0.1) is 0 Å². The molecule has 1 saturated heterocycles. The Morgan fingerprint density at radius 1 is 1.42 bits per heavy atom. The van der Waals surface area contributed by atoms with Gasteiger partial charge >= 0.3 is 0 Å². The summed E-state index contributed by atoms with van der Waals surface area (Å²) in [5.41, 5.74) is -0.640. The molecule has 0 amide bonds. The summed E-state index contributed by atoms with van der Waals surface area (Å²) in [6, 6.07) is 0.